The van der Waals surface area contributed by atoms with Crippen LogP contribution in [0.5, 0.6) is 0 Å². The van der Waals surface area contributed by atoms with Gasteiger partial charge in [-0.15, -0.1) is 0 Å². The van der Waals surface area contributed by atoms with Crippen LogP contribution in [-0.2, 0) is 0 Å². The van der Waals surface area contributed by atoms with Crippen LogP contribution < -0.4 is 5.32 Å². The highest BCUT2D eigenvalue weighted by molar-refractivity contribution is 9.10. The molecule has 0 saturated heterocycles. The number of carbonyl (C=O) groups is 1. The van der Waals surface area contributed by atoms with Gasteiger partial charge in [0.25, 0.3) is 5.91 Å². The third-order valence-electron chi connectivity index (χ3n) is 2.52. The van der Waals surface area contributed by atoms with E-state index in [9.17, 15) is 9.18 Å². The number of hydrogen-bond donors (Lipinski definition) is 1. The lowest BCUT2D eigenvalue weighted by Gasteiger charge is -2.09. The summed E-state index contributed by atoms with van der Waals surface area (Å²) in [4.78, 5) is 12.1. The van der Waals surface area contributed by atoms with E-state index in [1.54, 1.807) is 18.2 Å². The van der Waals surface area contributed by atoms with Gasteiger partial charge in [0.2, 0.25) is 0 Å². The summed E-state index contributed by atoms with van der Waals surface area (Å²) in [7, 11) is 0. The van der Waals surface area contributed by atoms with Crippen LogP contribution in [0.2, 0.25) is 0 Å². The fourth-order valence-corrected chi connectivity index (χ4v) is 2.37. The lowest BCUT2D eigenvalue weighted by Crippen LogP contribution is -2.13. The molecule has 1 amide bonds. The quantitative estimate of drug-likeness (QED) is 0.812. The van der Waals surface area contributed by atoms with E-state index in [1.807, 2.05) is 6.07 Å². The zero-order valence-corrected chi connectivity index (χ0v) is 13.1. The van der Waals surface area contributed by atoms with Crippen molar-refractivity contribution in [2.45, 2.75) is 0 Å². The van der Waals surface area contributed by atoms with E-state index >= 15 is 0 Å². The lowest BCUT2D eigenvalue weighted by molar-refractivity contribution is 0.102. The fraction of sp³-hybridized carbons (Fsp3) is 0. The maximum absolute atomic E-state index is 13.2. The molecule has 0 bridgehead atoms. The van der Waals surface area contributed by atoms with E-state index < -0.39 is 11.7 Å². The van der Waals surface area contributed by atoms with Gasteiger partial charge in [0.05, 0.1) is 16.8 Å². The van der Waals surface area contributed by atoms with E-state index in [0.29, 0.717) is 15.7 Å². The summed E-state index contributed by atoms with van der Waals surface area (Å²) in [5.41, 5.74) is 0.853. The molecular weight excluding hydrogens is 391 g/mol. The van der Waals surface area contributed by atoms with E-state index in [-0.39, 0.29) is 5.56 Å². The average molecular weight is 398 g/mol. The normalized spacial score (nSPS) is 9.90. The van der Waals surface area contributed by atoms with Crippen molar-refractivity contribution in [1.29, 1.82) is 5.26 Å². The molecule has 1 N–H and O–H groups in total. The van der Waals surface area contributed by atoms with Gasteiger partial charge in [0.1, 0.15) is 11.9 Å². The number of anilines is 1. The van der Waals surface area contributed by atoms with Gasteiger partial charge in [0.15, 0.2) is 0 Å². The Hall–Kier alpha value is -1.71. The number of halogens is 3. The third kappa shape index (κ3) is 3.24. The summed E-state index contributed by atoms with van der Waals surface area (Å²) in [5.74, 6) is -1.00. The van der Waals surface area contributed by atoms with E-state index in [0.717, 1.165) is 10.5 Å². The molecule has 0 unspecified atom stereocenters. The molecule has 0 aliphatic carbocycles. The van der Waals surface area contributed by atoms with Crippen molar-refractivity contribution in [2.24, 2.45) is 0 Å². The van der Waals surface area contributed by atoms with Crippen molar-refractivity contribution in [3.63, 3.8) is 0 Å². The van der Waals surface area contributed by atoms with E-state index in [2.05, 4.69) is 37.2 Å². The Morgan fingerprint density at radius 1 is 1.20 bits per heavy atom. The zero-order chi connectivity index (χ0) is 14.7. The topological polar surface area (TPSA) is 52.9 Å². The minimum absolute atomic E-state index is 0.161. The molecular formula is C14H7Br2FN2O. The first-order chi connectivity index (χ1) is 9.51. The zero-order valence-electron chi connectivity index (χ0n) is 9.95. The molecule has 0 radical (unpaired) electrons. The second-order valence-electron chi connectivity index (χ2n) is 3.88. The Balaban J connectivity index is 2.35. The Labute approximate surface area is 131 Å². The second kappa shape index (κ2) is 6.16. The molecule has 0 saturated carbocycles. The van der Waals surface area contributed by atoms with Crippen LogP contribution in [-0.4, -0.2) is 5.91 Å². The van der Waals surface area contributed by atoms with Crippen molar-refractivity contribution >= 4 is 43.5 Å². The maximum atomic E-state index is 13.2. The van der Waals surface area contributed by atoms with Gasteiger partial charge < -0.3 is 5.32 Å². The number of nitrogens with one attached hydrogen (secondary N) is 1. The van der Waals surface area contributed by atoms with Gasteiger partial charge >= 0.3 is 0 Å². The van der Waals surface area contributed by atoms with Crippen molar-refractivity contribution in [3.8, 4) is 6.07 Å². The highest BCUT2D eigenvalue weighted by Gasteiger charge is 2.13. The molecule has 100 valence electrons. The van der Waals surface area contributed by atoms with Gasteiger partial charge in [-0.2, -0.15) is 5.26 Å². The lowest BCUT2D eigenvalue weighted by atomic mass is 10.1. The number of nitriles is 1. The Morgan fingerprint density at radius 3 is 2.65 bits per heavy atom. The van der Waals surface area contributed by atoms with Crippen LogP contribution in [0.4, 0.5) is 10.1 Å². The molecule has 3 nitrogen and oxygen atoms in total. The molecule has 0 aromatic heterocycles. The molecule has 0 heterocycles. The second-order valence-corrected chi connectivity index (χ2v) is 5.65. The monoisotopic (exact) mass is 396 g/mol. The molecule has 6 heteroatoms. The highest BCUT2D eigenvalue weighted by atomic mass is 79.9. The summed E-state index contributed by atoms with van der Waals surface area (Å²) in [6, 6.07) is 10.7. The molecule has 0 atom stereocenters. The molecule has 2 aromatic rings. The molecule has 0 aliphatic heterocycles. The number of benzene rings is 2. The van der Waals surface area contributed by atoms with Crippen LogP contribution in [0.1, 0.15) is 15.9 Å². The number of hydrogen-bond acceptors (Lipinski definition) is 2. The van der Waals surface area contributed by atoms with Crippen LogP contribution >= 0.6 is 31.9 Å². The van der Waals surface area contributed by atoms with Crippen molar-refractivity contribution in [2.75, 3.05) is 5.32 Å². The minimum Gasteiger partial charge on any atom is -0.321 e. The predicted molar refractivity (Wildman–Crippen MR) is 80.9 cm³/mol. The number of carbonyl (C=O) groups excluding carboxylic acids is 1. The Kier molecular flexibility index (Phi) is 4.53. The summed E-state index contributed by atoms with van der Waals surface area (Å²) in [6.07, 6.45) is 0. The molecule has 0 fully saturated rings. The minimum atomic E-state index is -0.506. The summed E-state index contributed by atoms with van der Waals surface area (Å²) < 4.78 is 14.4. The SMILES string of the molecule is N#Cc1ccc(Br)cc1NC(=O)c1cc(F)ccc1Br. The summed E-state index contributed by atoms with van der Waals surface area (Å²) >= 11 is 6.46. The standard InChI is InChI=1S/C14H7Br2FN2O/c15-9-2-1-8(7-18)13(5-9)19-14(20)11-6-10(17)3-4-12(11)16/h1-6H,(H,19,20). The van der Waals surface area contributed by atoms with Gasteiger partial charge in [-0.1, -0.05) is 15.9 Å². The highest BCUT2D eigenvalue weighted by Crippen LogP contribution is 2.23. The van der Waals surface area contributed by atoms with Gasteiger partial charge in [-0.05, 0) is 52.3 Å². The van der Waals surface area contributed by atoms with Crippen LogP contribution in [0.25, 0.3) is 0 Å². The molecule has 20 heavy (non-hydrogen) atoms. The van der Waals surface area contributed by atoms with Crippen LogP contribution in [0, 0.1) is 17.1 Å². The van der Waals surface area contributed by atoms with Crippen molar-refractivity contribution < 1.29 is 9.18 Å². The summed E-state index contributed by atoms with van der Waals surface area (Å²) in [6.45, 7) is 0. The van der Waals surface area contributed by atoms with Crippen molar-refractivity contribution in [3.05, 3.63) is 62.3 Å². The number of rotatable bonds is 2. The predicted octanol–water partition coefficient (Wildman–Crippen LogP) is 4.47. The summed E-state index contributed by atoms with van der Waals surface area (Å²) in [5, 5.41) is 11.6. The van der Waals surface area contributed by atoms with Crippen LogP contribution in [0.15, 0.2) is 45.3 Å². The molecule has 0 spiro atoms. The smallest absolute Gasteiger partial charge is 0.256 e. The first-order valence-corrected chi connectivity index (χ1v) is 7.06. The van der Waals surface area contributed by atoms with Gasteiger partial charge in [-0.25, -0.2) is 4.39 Å². The largest absolute Gasteiger partial charge is 0.321 e. The van der Waals surface area contributed by atoms with Gasteiger partial charge in [0, 0.05) is 8.95 Å². The van der Waals surface area contributed by atoms with E-state index in [4.69, 9.17) is 5.26 Å². The molecule has 0 aliphatic rings. The van der Waals surface area contributed by atoms with E-state index in [1.165, 1.54) is 12.1 Å². The average Bonchev–Trinajstić information content (AvgIpc) is 2.41. The molecule has 2 aromatic carbocycles. The maximum Gasteiger partial charge on any atom is 0.256 e. The fourth-order valence-electron chi connectivity index (χ4n) is 1.58. The Morgan fingerprint density at radius 2 is 1.95 bits per heavy atom. The van der Waals surface area contributed by atoms with Gasteiger partial charge in [-0.3, -0.25) is 4.79 Å². The number of nitrogens with zero attached hydrogens (tertiary/aromatic N) is 1. The first-order valence-electron chi connectivity index (χ1n) is 5.47. The Bertz CT molecular complexity index is 726. The number of amides is 1. The van der Waals surface area contributed by atoms with Crippen LogP contribution in [0.3, 0.4) is 0 Å². The third-order valence-corrected chi connectivity index (χ3v) is 3.71. The van der Waals surface area contributed by atoms with Crippen molar-refractivity contribution in [1.82, 2.24) is 0 Å². The first kappa shape index (κ1) is 14.7. The molecule has 2 rings (SSSR count).